The lowest BCUT2D eigenvalue weighted by molar-refractivity contribution is 0.100. The third-order valence-corrected chi connectivity index (χ3v) is 6.40. The van der Waals surface area contributed by atoms with Crippen molar-refractivity contribution in [2.45, 2.75) is 38.0 Å². The summed E-state index contributed by atoms with van der Waals surface area (Å²) in [7, 11) is 0. The molecule has 3 aromatic rings. The molecule has 1 saturated carbocycles. The summed E-state index contributed by atoms with van der Waals surface area (Å²) in [4.78, 5) is 17.7. The van der Waals surface area contributed by atoms with Gasteiger partial charge >= 0.3 is 0 Å². The predicted octanol–water partition coefficient (Wildman–Crippen LogP) is 2.82. The Bertz CT molecular complexity index is 1040. The number of hydrogen-bond acceptors (Lipinski definition) is 3. The van der Waals surface area contributed by atoms with E-state index in [1.165, 1.54) is 31.5 Å². The molecule has 1 aliphatic carbocycles. The Kier molecular flexibility index (Phi) is 3.59. The highest BCUT2D eigenvalue weighted by atomic mass is 19.1. The van der Waals surface area contributed by atoms with E-state index >= 15 is 0 Å². The van der Waals surface area contributed by atoms with Gasteiger partial charge in [0.1, 0.15) is 17.0 Å². The predicted molar refractivity (Wildman–Crippen MR) is 101 cm³/mol. The smallest absolute Gasteiger partial charge is 0.251 e. The molecule has 3 heterocycles. The normalized spacial score (nSPS) is 20.5. The second-order valence-electron chi connectivity index (χ2n) is 8.46. The maximum absolute atomic E-state index is 13.9. The van der Waals surface area contributed by atoms with E-state index in [9.17, 15) is 9.18 Å². The number of nitrogens with zero attached hydrogens (tertiary/aromatic N) is 3. The van der Waals surface area contributed by atoms with Gasteiger partial charge in [-0.25, -0.2) is 8.91 Å². The third kappa shape index (κ3) is 2.72. The Morgan fingerprint density at radius 3 is 2.78 bits per heavy atom. The Morgan fingerprint density at radius 2 is 2.11 bits per heavy atom. The van der Waals surface area contributed by atoms with Crippen molar-refractivity contribution in [3.63, 3.8) is 0 Å². The van der Waals surface area contributed by atoms with Crippen molar-refractivity contribution >= 4 is 22.6 Å². The SMILES string of the molecule is CC1(c2cnn3c2[nH]c2cc(F)cc(C(N)=O)c23)CCN(CC2CC2)CC1. The van der Waals surface area contributed by atoms with Gasteiger partial charge < -0.3 is 15.6 Å². The number of halogens is 1. The molecule has 6 nitrogen and oxygen atoms in total. The molecule has 2 aliphatic rings. The zero-order valence-electron chi connectivity index (χ0n) is 15.5. The molecule has 5 rings (SSSR count). The zero-order chi connectivity index (χ0) is 18.8. The summed E-state index contributed by atoms with van der Waals surface area (Å²) in [6.07, 6.45) is 6.77. The molecule has 1 aliphatic heterocycles. The van der Waals surface area contributed by atoms with E-state index in [2.05, 4.69) is 21.9 Å². The highest BCUT2D eigenvalue weighted by Crippen LogP contribution is 2.39. The van der Waals surface area contributed by atoms with Gasteiger partial charge in [0.25, 0.3) is 5.91 Å². The van der Waals surface area contributed by atoms with Gasteiger partial charge in [0, 0.05) is 17.5 Å². The zero-order valence-corrected chi connectivity index (χ0v) is 15.5. The van der Waals surface area contributed by atoms with Crippen molar-refractivity contribution in [1.82, 2.24) is 19.5 Å². The van der Waals surface area contributed by atoms with E-state index in [0.717, 1.165) is 43.1 Å². The maximum Gasteiger partial charge on any atom is 0.251 e. The largest absolute Gasteiger partial charge is 0.366 e. The number of carbonyl (C=O) groups is 1. The lowest BCUT2D eigenvalue weighted by atomic mass is 9.75. The molecule has 3 N–H and O–H groups in total. The molecule has 2 fully saturated rings. The van der Waals surface area contributed by atoms with E-state index in [4.69, 9.17) is 5.73 Å². The number of benzene rings is 1. The topological polar surface area (TPSA) is 79.4 Å². The van der Waals surface area contributed by atoms with Crippen LogP contribution < -0.4 is 5.73 Å². The standard InChI is InChI=1S/C20H24FN5O/c1-20(4-6-25(7-5-20)11-12-2-3-12)15-10-23-26-17-14(18(22)27)8-13(21)9-16(17)24-19(15)26/h8-10,12,24H,2-7,11H2,1H3,(H2,22,27). The fourth-order valence-electron chi connectivity index (χ4n) is 4.48. The first-order valence-electron chi connectivity index (χ1n) is 9.66. The number of nitrogens with two attached hydrogens (primary N) is 1. The van der Waals surface area contributed by atoms with E-state index in [1.54, 1.807) is 4.52 Å². The molecule has 7 heteroatoms. The van der Waals surface area contributed by atoms with Crippen LogP contribution in [0.25, 0.3) is 16.7 Å². The molecule has 0 radical (unpaired) electrons. The van der Waals surface area contributed by atoms with Gasteiger partial charge in [-0.3, -0.25) is 4.79 Å². The van der Waals surface area contributed by atoms with Crippen LogP contribution in [0, 0.1) is 11.7 Å². The van der Waals surface area contributed by atoms with E-state index in [1.807, 2.05) is 6.20 Å². The van der Waals surface area contributed by atoms with Crippen LogP contribution in [0.4, 0.5) is 4.39 Å². The van der Waals surface area contributed by atoms with Crippen molar-refractivity contribution in [1.29, 1.82) is 0 Å². The lowest BCUT2D eigenvalue weighted by Crippen LogP contribution is -2.41. The number of aromatic amines is 1. The lowest BCUT2D eigenvalue weighted by Gasteiger charge is -2.39. The number of aromatic nitrogens is 3. The molecular formula is C20H24FN5O. The molecule has 0 atom stereocenters. The maximum atomic E-state index is 13.9. The second kappa shape index (κ2) is 5.79. The van der Waals surface area contributed by atoms with Crippen LogP contribution in [0.15, 0.2) is 18.3 Å². The van der Waals surface area contributed by atoms with Crippen molar-refractivity contribution in [2.24, 2.45) is 11.7 Å². The summed E-state index contributed by atoms with van der Waals surface area (Å²) >= 11 is 0. The van der Waals surface area contributed by atoms with Gasteiger partial charge in [0.15, 0.2) is 0 Å². The summed E-state index contributed by atoms with van der Waals surface area (Å²) in [6, 6.07) is 2.57. The second-order valence-corrected chi connectivity index (χ2v) is 8.46. The number of imidazole rings is 1. The molecular weight excluding hydrogens is 345 g/mol. The number of rotatable bonds is 4. The molecule has 0 spiro atoms. The molecule has 2 aromatic heterocycles. The van der Waals surface area contributed by atoms with Crippen LogP contribution >= 0.6 is 0 Å². The third-order valence-electron chi connectivity index (χ3n) is 6.40. The molecule has 27 heavy (non-hydrogen) atoms. The van der Waals surface area contributed by atoms with E-state index < -0.39 is 11.7 Å². The van der Waals surface area contributed by atoms with Gasteiger partial charge in [0.2, 0.25) is 0 Å². The fourth-order valence-corrected chi connectivity index (χ4v) is 4.48. The minimum Gasteiger partial charge on any atom is -0.366 e. The Morgan fingerprint density at radius 1 is 1.37 bits per heavy atom. The van der Waals surface area contributed by atoms with Gasteiger partial charge in [-0.15, -0.1) is 0 Å². The average molecular weight is 369 g/mol. The van der Waals surface area contributed by atoms with E-state index in [0.29, 0.717) is 11.0 Å². The Hall–Kier alpha value is -2.41. The Balaban J connectivity index is 1.54. The van der Waals surface area contributed by atoms with Crippen LogP contribution in [-0.2, 0) is 5.41 Å². The number of primary amides is 1. The van der Waals surface area contributed by atoms with E-state index in [-0.39, 0.29) is 11.0 Å². The Labute approximate surface area is 156 Å². The molecule has 1 saturated heterocycles. The minimum absolute atomic E-state index is 0.00804. The van der Waals surface area contributed by atoms with Gasteiger partial charge in [-0.2, -0.15) is 5.10 Å². The van der Waals surface area contributed by atoms with Crippen molar-refractivity contribution in [3.05, 3.63) is 35.3 Å². The molecule has 0 unspecified atom stereocenters. The highest BCUT2D eigenvalue weighted by molar-refractivity contribution is 6.05. The number of likely N-dealkylation sites (tertiary alicyclic amines) is 1. The minimum atomic E-state index is -0.656. The summed E-state index contributed by atoms with van der Waals surface area (Å²) in [6.45, 7) is 5.68. The van der Waals surface area contributed by atoms with Crippen LogP contribution in [0.2, 0.25) is 0 Å². The number of amides is 1. The van der Waals surface area contributed by atoms with Crippen LogP contribution in [0.5, 0.6) is 0 Å². The average Bonchev–Trinajstić information content (AvgIpc) is 3.22. The fraction of sp³-hybridized carbons (Fsp3) is 0.500. The monoisotopic (exact) mass is 369 g/mol. The number of H-pyrrole nitrogens is 1. The number of carbonyl (C=O) groups excluding carboxylic acids is 1. The number of nitrogens with one attached hydrogen (secondary N) is 1. The van der Waals surface area contributed by atoms with Crippen LogP contribution in [0.3, 0.4) is 0 Å². The quantitative estimate of drug-likeness (QED) is 0.742. The molecule has 142 valence electrons. The summed E-state index contributed by atoms with van der Waals surface area (Å²) < 4.78 is 15.6. The number of piperidine rings is 1. The summed E-state index contributed by atoms with van der Waals surface area (Å²) in [5, 5.41) is 4.52. The van der Waals surface area contributed by atoms with Crippen LogP contribution in [0.1, 0.15) is 48.5 Å². The van der Waals surface area contributed by atoms with Gasteiger partial charge in [0.05, 0.1) is 17.3 Å². The number of hydrogen-bond donors (Lipinski definition) is 2. The molecule has 1 amide bonds. The first kappa shape index (κ1) is 16.7. The van der Waals surface area contributed by atoms with Crippen LogP contribution in [-0.4, -0.2) is 45.0 Å². The van der Waals surface area contributed by atoms with Crippen molar-refractivity contribution < 1.29 is 9.18 Å². The van der Waals surface area contributed by atoms with Crippen molar-refractivity contribution in [2.75, 3.05) is 19.6 Å². The molecule has 0 bridgehead atoms. The van der Waals surface area contributed by atoms with Gasteiger partial charge in [-0.05, 0) is 56.8 Å². The van der Waals surface area contributed by atoms with Gasteiger partial charge in [-0.1, -0.05) is 6.92 Å². The first-order chi connectivity index (χ1) is 12.9. The highest BCUT2D eigenvalue weighted by Gasteiger charge is 2.36. The molecule has 1 aromatic carbocycles. The summed E-state index contributed by atoms with van der Waals surface area (Å²) in [5.74, 6) is -0.230. The summed E-state index contributed by atoms with van der Waals surface area (Å²) in [5.41, 5.74) is 8.67. The first-order valence-corrected chi connectivity index (χ1v) is 9.66. The number of fused-ring (bicyclic) bond motifs is 3. The van der Waals surface area contributed by atoms with Crippen molar-refractivity contribution in [3.8, 4) is 0 Å².